The van der Waals surface area contributed by atoms with E-state index in [0.29, 0.717) is 16.2 Å². The summed E-state index contributed by atoms with van der Waals surface area (Å²) in [5.74, 6) is -0.988. The molecule has 1 N–H and O–H groups in total. The maximum absolute atomic E-state index is 11.1. The van der Waals surface area contributed by atoms with Gasteiger partial charge in [0.1, 0.15) is 5.56 Å². The fourth-order valence-electron chi connectivity index (χ4n) is 1.79. The Morgan fingerprint density at radius 1 is 1.41 bits per heavy atom. The summed E-state index contributed by atoms with van der Waals surface area (Å²) in [5.41, 5.74) is 1.51. The van der Waals surface area contributed by atoms with Gasteiger partial charge in [-0.25, -0.2) is 4.79 Å². The van der Waals surface area contributed by atoms with Gasteiger partial charge in [-0.15, -0.1) is 0 Å². The van der Waals surface area contributed by atoms with Gasteiger partial charge in [-0.3, -0.25) is 4.98 Å². The summed E-state index contributed by atoms with van der Waals surface area (Å²) < 4.78 is 0. The van der Waals surface area contributed by atoms with E-state index in [1.165, 1.54) is 6.20 Å². The quantitative estimate of drug-likeness (QED) is 0.890. The lowest BCUT2D eigenvalue weighted by atomic mass is 10.1. The Morgan fingerprint density at radius 3 is 2.71 bits per heavy atom. The Morgan fingerprint density at radius 2 is 2.12 bits per heavy atom. The molecule has 88 valence electrons. The first-order valence-electron chi connectivity index (χ1n) is 4.99. The van der Waals surface area contributed by atoms with Crippen LogP contribution < -0.4 is 4.90 Å². The highest BCUT2D eigenvalue weighted by Crippen LogP contribution is 2.29. The molecule has 0 saturated heterocycles. The highest BCUT2D eigenvalue weighted by molar-refractivity contribution is 6.31. The molecule has 0 amide bonds. The summed E-state index contributed by atoms with van der Waals surface area (Å²) in [6.07, 6.45) is 1.36. The van der Waals surface area contributed by atoms with E-state index < -0.39 is 5.97 Å². The standard InChI is InChI=1S/C12H11ClN2O2/c1-15(2)11-8-4-3-7(13)5-10(8)14-6-9(11)12(16)17/h3-6H,1-2H3,(H,16,17). The maximum atomic E-state index is 11.1. The van der Waals surface area contributed by atoms with Gasteiger partial charge in [-0.05, 0) is 18.2 Å². The average molecular weight is 251 g/mol. The van der Waals surface area contributed by atoms with Crippen LogP contribution in [-0.2, 0) is 0 Å². The lowest BCUT2D eigenvalue weighted by molar-refractivity contribution is 0.0697. The summed E-state index contributed by atoms with van der Waals surface area (Å²) in [5, 5.41) is 10.5. The van der Waals surface area contributed by atoms with Crippen LogP contribution in [0, 0.1) is 0 Å². The molecular formula is C12H11ClN2O2. The van der Waals surface area contributed by atoms with Crippen molar-refractivity contribution in [1.29, 1.82) is 0 Å². The Bertz CT molecular complexity index is 596. The van der Waals surface area contributed by atoms with Crippen molar-refractivity contribution in [2.45, 2.75) is 0 Å². The van der Waals surface area contributed by atoms with E-state index in [4.69, 9.17) is 16.7 Å². The number of carboxylic acids is 1. The molecule has 0 spiro atoms. The van der Waals surface area contributed by atoms with E-state index in [1.54, 1.807) is 37.2 Å². The third-order valence-corrected chi connectivity index (χ3v) is 2.72. The van der Waals surface area contributed by atoms with Crippen LogP contribution in [0.2, 0.25) is 5.02 Å². The van der Waals surface area contributed by atoms with Crippen molar-refractivity contribution in [2.24, 2.45) is 0 Å². The van der Waals surface area contributed by atoms with Crippen molar-refractivity contribution >= 4 is 34.2 Å². The van der Waals surface area contributed by atoms with Crippen molar-refractivity contribution < 1.29 is 9.90 Å². The molecule has 0 aliphatic rings. The molecule has 0 aliphatic heterocycles. The largest absolute Gasteiger partial charge is 0.478 e. The molecule has 1 aromatic carbocycles. The predicted octanol–water partition coefficient (Wildman–Crippen LogP) is 2.65. The molecule has 0 fully saturated rings. The van der Waals surface area contributed by atoms with E-state index in [1.807, 2.05) is 0 Å². The highest BCUT2D eigenvalue weighted by atomic mass is 35.5. The number of halogens is 1. The van der Waals surface area contributed by atoms with Crippen molar-refractivity contribution in [3.8, 4) is 0 Å². The number of anilines is 1. The lowest BCUT2D eigenvalue weighted by Crippen LogP contribution is -2.14. The third-order valence-electron chi connectivity index (χ3n) is 2.48. The van der Waals surface area contributed by atoms with Gasteiger partial charge in [0.05, 0.1) is 11.2 Å². The second kappa shape index (κ2) is 4.22. The minimum absolute atomic E-state index is 0.185. The molecule has 2 rings (SSSR count). The summed E-state index contributed by atoms with van der Waals surface area (Å²) in [6.45, 7) is 0. The summed E-state index contributed by atoms with van der Waals surface area (Å²) in [6, 6.07) is 5.23. The molecule has 17 heavy (non-hydrogen) atoms. The molecule has 2 aromatic rings. The third kappa shape index (κ3) is 2.03. The van der Waals surface area contributed by atoms with E-state index >= 15 is 0 Å². The fraction of sp³-hybridized carbons (Fsp3) is 0.167. The van der Waals surface area contributed by atoms with E-state index in [-0.39, 0.29) is 5.56 Å². The van der Waals surface area contributed by atoms with Crippen LogP contribution in [-0.4, -0.2) is 30.2 Å². The lowest BCUT2D eigenvalue weighted by Gasteiger charge is -2.17. The SMILES string of the molecule is CN(C)c1c(C(=O)O)cnc2cc(Cl)ccc12. The molecule has 1 heterocycles. The number of benzene rings is 1. The summed E-state index contributed by atoms with van der Waals surface area (Å²) in [7, 11) is 3.60. The number of hydrogen-bond donors (Lipinski definition) is 1. The Hall–Kier alpha value is -1.81. The van der Waals surface area contributed by atoms with Crippen LogP contribution in [0.4, 0.5) is 5.69 Å². The van der Waals surface area contributed by atoms with Crippen LogP contribution in [0.25, 0.3) is 10.9 Å². The molecule has 0 aliphatic carbocycles. The van der Waals surface area contributed by atoms with E-state index in [9.17, 15) is 4.79 Å². The number of rotatable bonds is 2. The van der Waals surface area contributed by atoms with Gasteiger partial charge in [0.2, 0.25) is 0 Å². The van der Waals surface area contributed by atoms with E-state index in [2.05, 4.69) is 4.98 Å². The minimum Gasteiger partial charge on any atom is -0.478 e. The smallest absolute Gasteiger partial charge is 0.339 e. The van der Waals surface area contributed by atoms with Crippen molar-refractivity contribution in [1.82, 2.24) is 4.98 Å². The zero-order chi connectivity index (χ0) is 12.6. The monoisotopic (exact) mass is 250 g/mol. The molecule has 0 atom stereocenters. The number of pyridine rings is 1. The number of aromatic nitrogens is 1. The average Bonchev–Trinajstić information content (AvgIpc) is 2.26. The van der Waals surface area contributed by atoms with Crippen LogP contribution >= 0.6 is 11.6 Å². The minimum atomic E-state index is -0.988. The van der Waals surface area contributed by atoms with Crippen molar-refractivity contribution in [3.05, 3.63) is 35.0 Å². The highest BCUT2D eigenvalue weighted by Gasteiger charge is 2.16. The van der Waals surface area contributed by atoms with Gasteiger partial charge in [0.25, 0.3) is 0 Å². The van der Waals surface area contributed by atoms with E-state index in [0.717, 1.165) is 5.39 Å². The summed E-state index contributed by atoms with van der Waals surface area (Å²) in [4.78, 5) is 17.0. The zero-order valence-electron chi connectivity index (χ0n) is 9.44. The molecule has 1 aromatic heterocycles. The second-order valence-electron chi connectivity index (χ2n) is 3.88. The van der Waals surface area contributed by atoms with Gasteiger partial charge >= 0.3 is 5.97 Å². The summed E-state index contributed by atoms with van der Waals surface area (Å²) >= 11 is 5.88. The number of carbonyl (C=O) groups is 1. The molecule has 0 radical (unpaired) electrons. The van der Waals surface area contributed by atoms with Crippen LogP contribution in [0.1, 0.15) is 10.4 Å². The first kappa shape index (κ1) is 11.7. The van der Waals surface area contributed by atoms with Gasteiger partial charge in [0.15, 0.2) is 0 Å². The first-order valence-corrected chi connectivity index (χ1v) is 5.37. The number of hydrogen-bond acceptors (Lipinski definition) is 3. The first-order chi connectivity index (χ1) is 8.00. The number of nitrogens with zero attached hydrogens (tertiary/aromatic N) is 2. The maximum Gasteiger partial charge on any atom is 0.339 e. The molecule has 4 nitrogen and oxygen atoms in total. The molecule has 0 bridgehead atoms. The van der Waals surface area contributed by atoms with Gasteiger partial charge < -0.3 is 10.0 Å². The molecule has 0 unspecified atom stereocenters. The van der Waals surface area contributed by atoms with Crippen molar-refractivity contribution in [3.63, 3.8) is 0 Å². The zero-order valence-corrected chi connectivity index (χ0v) is 10.2. The molecule has 0 saturated carbocycles. The second-order valence-corrected chi connectivity index (χ2v) is 4.32. The van der Waals surface area contributed by atoms with Crippen LogP contribution in [0.15, 0.2) is 24.4 Å². The molecular weight excluding hydrogens is 240 g/mol. The number of carboxylic acid groups (broad SMARTS) is 1. The topological polar surface area (TPSA) is 53.4 Å². The molecule has 5 heteroatoms. The van der Waals surface area contributed by atoms with Crippen LogP contribution in [0.3, 0.4) is 0 Å². The van der Waals surface area contributed by atoms with Gasteiger partial charge in [0, 0.05) is 30.7 Å². The van der Waals surface area contributed by atoms with Gasteiger partial charge in [-0.2, -0.15) is 0 Å². The van der Waals surface area contributed by atoms with Crippen molar-refractivity contribution in [2.75, 3.05) is 19.0 Å². The predicted molar refractivity (Wildman–Crippen MR) is 68.0 cm³/mol. The van der Waals surface area contributed by atoms with Gasteiger partial charge in [-0.1, -0.05) is 11.6 Å². The Kier molecular flexibility index (Phi) is 2.90. The Labute approximate surface area is 103 Å². The normalized spacial score (nSPS) is 10.5. The Balaban J connectivity index is 2.84. The fourth-order valence-corrected chi connectivity index (χ4v) is 1.96. The number of fused-ring (bicyclic) bond motifs is 1. The van der Waals surface area contributed by atoms with Crippen LogP contribution in [0.5, 0.6) is 0 Å². The number of aromatic carboxylic acids is 1.